The van der Waals surface area contributed by atoms with E-state index in [1.54, 1.807) is 17.0 Å². The van der Waals surface area contributed by atoms with E-state index in [0.29, 0.717) is 24.6 Å². The summed E-state index contributed by atoms with van der Waals surface area (Å²) in [6.07, 6.45) is 4.25. The summed E-state index contributed by atoms with van der Waals surface area (Å²) in [5.41, 5.74) is 0.139. The number of aliphatic hydroxyl groups is 1. The van der Waals surface area contributed by atoms with Gasteiger partial charge in [0, 0.05) is 38.4 Å². The average molecular weight is 334 g/mol. The first-order chi connectivity index (χ1) is 11.5. The van der Waals surface area contributed by atoms with Crippen LogP contribution in [0.3, 0.4) is 0 Å². The summed E-state index contributed by atoms with van der Waals surface area (Å²) in [5.74, 6) is -0.146. The van der Waals surface area contributed by atoms with E-state index in [-0.39, 0.29) is 11.6 Å². The fraction of sp³-hybridized carbons (Fsp3) is 0.438. The summed E-state index contributed by atoms with van der Waals surface area (Å²) >= 11 is 0. The highest BCUT2D eigenvalue weighted by Crippen LogP contribution is 2.35. The number of nitro benzene ring substituents is 1. The standard InChI is InChI=1S/C16H19FN4O3/c1-19-8-6-18-16(19)15(22)11-3-2-7-20(10-11)13-5-4-12(17)9-14(13)21(23)24/h4-6,8-9,11,15,22H,2-3,7,10H2,1H3. The van der Waals surface area contributed by atoms with Crippen molar-refractivity contribution in [1.82, 2.24) is 9.55 Å². The average Bonchev–Trinajstić information content (AvgIpc) is 3.00. The molecule has 1 aliphatic heterocycles. The van der Waals surface area contributed by atoms with Crippen molar-refractivity contribution in [2.24, 2.45) is 13.0 Å². The Kier molecular flexibility index (Phi) is 4.48. The second-order valence-electron chi connectivity index (χ2n) is 6.08. The van der Waals surface area contributed by atoms with Crippen LogP contribution in [0.4, 0.5) is 15.8 Å². The van der Waals surface area contributed by atoms with Gasteiger partial charge in [0.1, 0.15) is 23.4 Å². The van der Waals surface area contributed by atoms with E-state index in [1.165, 1.54) is 12.1 Å². The Morgan fingerprint density at radius 2 is 2.29 bits per heavy atom. The van der Waals surface area contributed by atoms with Crippen LogP contribution in [0.5, 0.6) is 0 Å². The van der Waals surface area contributed by atoms with E-state index in [1.807, 2.05) is 11.9 Å². The smallest absolute Gasteiger partial charge is 0.295 e. The van der Waals surface area contributed by atoms with Gasteiger partial charge in [0.15, 0.2) is 0 Å². The normalized spacial score (nSPS) is 19.3. The number of benzene rings is 1. The molecule has 1 fully saturated rings. The molecule has 2 aromatic rings. The predicted molar refractivity (Wildman–Crippen MR) is 86.2 cm³/mol. The number of hydrogen-bond donors (Lipinski definition) is 1. The monoisotopic (exact) mass is 334 g/mol. The van der Waals surface area contributed by atoms with Crippen molar-refractivity contribution in [3.63, 3.8) is 0 Å². The Labute approximate surface area is 138 Å². The summed E-state index contributed by atoms with van der Waals surface area (Å²) in [4.78, 5) is 16.7. The molecule has 7 nitrogen and oxygen atoms in total. The zero-order valence-electron chi connectivity index (χ0n) is 13.3. The van der Waals surface area contributed by atoms with Crippen molar-refractivity contribution in [2.45, 2.75) is 18.9 Å². The van der Waals surface area contributed by atoms with Crippen LogP contribution in [0.2, 0.25) is 0 Å². The molecule has 0 aliphatic carbocycles. The minimum Gasteiger partial charge on any atom is -0.385 e. The third-order valence-corrected chi connectivity index (χ3v) is 4.50. The Morgan fingerprint density at radius 1 is 1.50 bits per heavy atom. The fourth-order valence-electron chi connectivity index (χ4n) is 3.27. The zero-order chi connectivity index (χ0) is 17.3. The van der Waals surface area contributed by atoms with Gasteiger partial charge in [-0.15, -0.1) is 0 Å². The highest BCUT2D eigenvalue weighted by molar-refractivity contribution is 5.63. The number of nitrogens with zero attached hydrogens (tertiary/aromatic N) is 4. The van der Waals surface area contributed by atoms with Crippen LogP contribution in [0.1, 0.15) is 24.8 Å². The number of rotatable bonds is 4. The molecule has 1 aromatic heterocycles. The van der Waals surface area contributed by atoms with E-state index < -0.39 is 16.8 Å². The number of anilines is 1. The van der Waals surface area contributed by atoms with Crippen LogP contribution in [-0.2, 0) is 7.05 Å². The van der Waals surface area contributed by atoms with Crippen LogP contribution >= 0.6 is 0 Å². The molecule has 1 saturated heterocycles. The topological polar surface area (TPSA) is 84.4 Å². The molecule has 0 saturated carbocycles. The molecule has 0 amide bonds. The summed E-state index contributed by atoms with van der Waals surface area (Å²) in [5, 5.41) is 21.8. The van der Waals surface area contributed by atoms with E-state index in [9.17, 15) is 19.6 Å². The number of aryl methyl sites for hydroxylation is 1. The van der Waals surface area contributed by atoms with Gasteiger partial charge in [-0.1, -0.05) is 0 Å². The quantitative estimate of drug-likeness (QED) is 0.686. The molecule has 3 rings (SSSR count). The Morgan fingerprint density at radius 3 is 2.96 bits per heavy atom. The van der Waals surface area contributed by atoms with Crippen LogP contribution in [0.15, 0.2) is 30.6 Å². The minimum atomic E-state index is -0.743. The van der Waals surface area contributed by atoms with Gasteiger partial charge < -0.3 is 14.6 Å². The minimum absolute atomic E-state index is 0.0930. The van der Waals surface area contributed by atoms with E-state index in [2.05, 4.69) is 4.98 Å². The van der Waals surface area contributed by atoms with Gasteiger partial charge in [-0.3, -0.25) is 10.1 Å². The first-order valence-electron chi connectivity index (χ1n) is 7.81. The fourth-order valence-corrected chi connectivity index (χ4v) is 3.27. The van der Waals surface area contributed by atoms with Gasteiger partial charge in [-0.25, -0.2) is 9.37 Å². The van der Waals surface area contributed by atoms with Crippen molar-refractivity contribution in [3.05, 3.63) is 52.3 Å². The third kappa shape index (κ3) is 3.09. The molecule has 8 heteroatoms. The third-order valence-electron chi connectivity index (χ3n) is 4.50. The molecule has 0 bridgehead atoms. The van der Waals surface area contributed by atoms with E-state index in [0.717, 1.165) is 18.9 Å². The lowest BCUT2D eigenvalue weighted by Crippen LogP contribution is -2.38. The molecule has 128 valence electrons. The first kappa shape index (κ1) is 16.4. The molecule has 2 atom stereocenters. The van der Waals surface area contributed by atoms with E-state index >= 15 is 0 Å². The largest absolute Gasteiger partial charge is 0.385 e. The summed E-state index contributed by atoms with van der Waals surface area (Å²) in [7, 11) is 1.82. The SMILES string of the molecule is Cn1ccnc1C(O)C1CCCN(c2ccc(F)cc2[N+](=O)[O-])C1. The van der Waals surface area contributed by atoms with Gasteiger partial charge >= 0.3 is 0 Å². The van der Waals surface area contributed by atoms with Crippen molar-refractivity contribution in [1.29, 1.82) is 0 Å². The van der Waals surface area contributed by atoms with Crippen molar-refractivity contribution >= 4 is 11.4 Å². The second kappa shape index (κ2) is 6.56. The maximum atomic E-state index is 13.3. The lowest BCUT2D eigenvalue weighted by atomic mass is 9.91. The number of nitro groups is 1. The molecular formula is C16H19FN4O3. The molecule has 2 heterocycles. The lowest BCUT2D eigenvalue weighted by Gasteiger charge is -2.36. The highest BCUT2D eigenvalue weighted by Gasteiger charge is 2.31. The predicted octanol–water partition coefficient (Wildman–Crippen LogP) is 2.42. The molecule has 24 heavy (non-hydrogen) atoms. The van der Waals surface area contributed by atoms with Crippen LogP contribution in [0, 0.1) is 21.8 Å². The zero-order valence-corrected chi connectivity index (χ0v) is 13.3. The highest BCUT2D eigenvalue weighted by atomic mass is 19.1. The lowest BCUT2D eigenvalue weighted by molar-refractivity contribution is -0.384. The van der Waals surface area contributed by atoms with Crippen LogP contribution in [-0.4, -0.2) is 32.7 Å². The molecule has 0 spiro atoms. The summed E-state index contributed by atoms with van der Waals surface area (Å²) in [6, 6.07) is 3.60. The summed E-state index contributed by atoms with van der Waals surface area (Å²) in [6.45, 7) is 1.09. The maximum Gasteiger partial charge on any atom is 0.295 e. The van der Waals surface area contributed by atoms with Gasteiger partial charge in [-0.2, -0.15) is 0 Å². The number of imidazole rings is 1. The van der Waals surface area contributed by atoms with Crippen LogP contribution in [0.25, 0.3) is 0 Å². The molecule has 1 aromatic carbocycles. The molecular weight excluding hydrogens is 315 g/mol. The number of hydrogen-bond acceptors (Lipinski definition) is 5. The van der Waals surface area contributed by atoms with Gasteiger partial charge in [0.2, 0.25) is 0 Å². The maximum absolute atomic E-state index is 13.3. The molecule has 0 radical (unpaired) electrons. The molecule has 2 unspecified atom stereocenters. The van der Waals surface area contributed by atoms with Gasteiger partial charge in [0.05, 0.1) is 11.0 Å². The molecule has 1 aliphatic rings. The second-order valence-corrected chi connectivity index (χ2v) is 6.08. The Balaban J connectivity index is 1.84. The summed E-state index contributed by atoms with van der Waals surface area (Å²) < 4.78 is 15.1. The Hall–Kier alpha value is -2.48. The van der Waals surface area contributed by atoms with Gasteiger partial charge in [-0.05, 0) is 25.0 Å². The van der Waals surface area contributed by atoms with Crippen LogP contribution < -0.4 is 4.90 Å². The Bertz CT molecular complexity index is 749. The van der Waals surface area contributed by atoms with Crippen molar-refractivity contribution in [2.75, 3.05) is 18.0 Å². The number of aliphatic hydroxyl groups excluding tert-OH is 1. The number of piperidine rings is 1. The van der Waals surface area contributed by atoms with Crippen molar-refractivity contribution < 1.29 is 14.4 Å². The van der Waals surface area contributed by atoms with Gasteiger partial charge in [0.25, 0.3) is 5.69 Å². The first-order valence-corrected chi connectivity index (χ1v) is 7.81. The molecule has 1 N–H and O–H groups in total. The van der Waals surface area contributed by atoms with E-state index in [4.69, 9.17) is 0 Å². The number of halogens is 1. The van der Waals surface area contributed by atoms with Crippen molar-refractivity contribution in [3.8, 4) is 0 Å². The number of aromatic nitrogens is 2.